The molecule has 0 aliphatic carbocycles. The number of thiazole rings is 1. The van der Waals surface area contributed by atoms with Gasteiger partial charge in [0, 0.05) is 35.5 Å². The zero-order valence-electron chi connectivity index (χ0n) is 15.8. The summed E-state index contributed by atoms with van der Waals surface area (Å²) in [4.78, 5) is 51.5. The van der Waals surface area contributed by atoms with Crippen LogP contribution in [0.25, 0.3) is 4.96 Å². The van der Waals surface area contributed by atoms with E-state index in [9.17, 15) is 19.2 Å². The number of fused-ring (bicyclic) bond motifs is 1. The van der Waals surface area contributed by atoms with Crippen molar-refractivity contribution >= 4 is 45.8 Å². The molecule has 0 aliphatic heterocycles. The summed E-state index contributed by atoms with van der Waals surface area (Å²) in [5.41, 5.74) is 6.73. The summed E-state index contributed by atoms with van der Waals surface area (Å²) in [5, 5.41) is 7.01. The summed E-state index contributed by atoms with van der Waals surface area (Å²) in [7, 11) is 0. The van der Waals surface area contributed by atoms with E-state index in [1.165, 1.54) is 33.6 Å². The second-order valence-corrected chi connectivity index (χ2v) is 8.12. The largest absolute Gasteiger partial charge is 0.368 e. The fourth-order valence-corrected chi connectivity index (χ4v) is 3.99. The smallest absolute Gasteiger partial charge is 0.258 e. The molecule has 1 aromatic carbocycles. The van der Waals surface area contributed by atoms with E-state index in [0.717, 1.165) is 5.56 Å². The first-order valence-corrected chi connectivity index (χ1v) is 10.9. The van der Waals surface area contributed by atoms with Crippen LogP contribution in [0.15, 0.2) is 46.7 Å². The predicted molar refractivity (Wildman–Crippen MR) is 115 cm³/mol. The number of benzene rings is 1. The maximum Gasteiger partial charge on any atom is 0.258 e. The van der Waals surface area contributed by atoms with Crippen molar-refractivity contribution < 1.29 is 14.4 Å². The molecule has 3 rings (SSSR count). The maximum atomic E-state index is 12.0. The lowest BCUT2D eigenvalue weighted by Gasteiger charge is -2.07. The van der Waals surface area contributed by atoms with Gasteiger partial charge < -0.3 is 16.4 Å². The maximum absolute atomic E-state index is 12.0. The molecule has 0 bridgehead atoms. The third-order valence-corrected chi connectivity index (χ3v) is 5.69. The van der Waals surface area contributed by atoms with Crippen molar-refractivity contribution in [3.05, 3.63) is 69.1 Å². The number of aromatic nitrogens is 2. The zero-order valence-corrected chi connectivity index (χ0v) is 17.4. The van der Waals surface area contributed by atoms with E-state index in [4.69, 9.17) is 5.73 Å². The number of thioether (sulfide) groups is 1. The van der Waals surface area contributed by atoms with E-state index >= 15 is 0 Å². The van der Waals surface area contributed by atoms with E-state index in [0.29, 0.717) is 28.5 Å². The number of nitrogens with zero attached hydrogens (tertiary/aromatic N) is 2. The van der Waals surface area contributed by atoms with Gasteiger partial charge in [-0.2, -0.15) is 0 Å². The highest BCUT2D eigenvalue weighted by Crippen LogP contribution is 2.12. The molecule has 156 valence electrons. The second-order valence-electron chi connectivity index (χ2n) is 6.26. The molecular formula is C19H19N5O4S2. The molecule has 0 atom stereocenters. The van der Waals surface area contributed by atoms with E-state index < -0.39 is 11.8 Å². The molecule has 0 saturated heterocycles. The van der Waals surface area contributed by atoms with Crippen molar-refractivity contribution in [2.24, 2.45) is 5.73 Å². The number of nitrogens with two attached hydrogens (primary N) is 1. The molecule has 0 spiro atoms. The minimum absolute atomic E-state index is 0.131. The van der Waals surface area contributed by atoms with Crippen molar-refractivity contribution in [3.8, 4) is 0 Å². The Hall–Kier alpha value is -3.18. The summed E-state index contributed by atoms with van der Waals surface area (Å²) >= 11 is 2.76. The van der Waals surface area contributed by atoms with Crippen LogP contribution in [0.5, 0.6) is 0 Å². The minimum Gasteiger partial charge on any atom is -0.368 e. The number of nitrogens with one attached hydrogen (secondary N) is 2. The monoisotopic (exact) mass is 445 g/mol. The molecule has 0 saturated carbocycles. The average molecular weight is 446 g/mol. The van der Waals surface area contributed by atoms with Crippen LogP contribution < -0.4 is 21.9 Å². The number of carbonyl (C=O) groups is 3. The molecule has 3 aromatic rings. The van der Waals surface area contributed by atoms with Crippen molar-refractivity contribution in [2.75, 3.05) is 12.3 Å². The van der Waals surface area contributed by atoms with Crippen LogP contribution in [-0.2, 0) is 21.9 Å². The van der Waals surface area contributed by atoms with Gasteiger partial charge in [0.15, 0.2) is 4.96 Å². The Morgan fingerprint density at radius 1 is 1.17 bits per heavy atom. The van der Waals surface area contributed by atoms with Gasteiger partial charge in [0.1, 0.15) is 0 Å². The van der Waals surface area contributed by atoms with Gasteiger partial charge >= 0.3 is 0 Å². The summed E-state index contributed by atoms with van der Waals surface area (Å²) in [6.07, 6.45) is 1.68. The van der Waals surface area contributed by atoms with Gasteiger partial charge in [-0.25, -0.2) is 4.98 Å². The average Bonchev–Trinajstić information content (AvgIpc) is 3.20. The van der Waals surface area contributed by atoms with Crippen molar-refractivity contribution in [1.29, 1.82) is 0 Å². The Morgan fingerprint density at radius 2 is 1.93 bits per heavy atom. The van der Waals surface area contributed by atoms with Gasteiger partial charge in [0.2, 0.25) is 11.8 Å². The lowest BCUT2D eigenvalue weighted by Crippen LogP contribution is -2.33. The molecule has 0 radical (unpaired) electrons. The van der Waals surface area contributed by atoms with Gasteiger partial charge in [-0.05, 0) is 17.7 Å². The van der Waals surface area contributed by atoms with Gasteiger partial charge in [-0.3, -0.25) is 23.6 Å². The number of carbonyl (C=O) groups excluding carboxylic acids is 3. The molecule has 2 aromatic heterocycles. The highest BCUT2D eigenvalue weighted by molar-refractivity contribution is 7.99. The fraction of sp³-hybridized carbons (Fsp3) is 0.211. The van der Waals surface area contributed by atoms with Gasteiger partial charge in [-0.15, -0.1) is 23.1 Å². The lowest BCUT2D eigenvalue weighted by molar-refractivity contribution is -0.119. The minimum atomic E-state index is -0.615. The summed E-state index contributed by atoms with van der Waals surface area (Å²) in [6, 6.07) is 8.14. The first-order valence-electron chi connectivity index (χ1n) is 8.88. The molecule has 2 heterocycles. The number of rotatable bonds is 9. The topological polar surface area (TPSA) is 136 Å². The SMILES string of the molecule is NC(=O)CNC(=O)c1ccc(CNC(=O)CSCc2cc(=O)n3ccsc3n2)cc1. The molecule has 0 fully saturated rings. The van der Waals surface area contributed by atoms with Crippen molar-refractivity contribution in [1.82, 2.24) is 20.0 Å². The second kappa shape index (κ2) is 10.0. The summed E-state index contributed by atoms with van der Waals surface area (Å²) < 4.78 is 1.48. The number of primary amides is 1. The van der Waals surface area contributed by atoms with E-state index in [2.05, 4.69) is 15.6 Å². The zero-order chi connectivity index (χ0) is 21.5. The highest BCUT2D eigenvalue weighted by Gasteiger charge is 2.08. The highest BCUT2D eigenvalue weighted by atomic mass is 32.2. The Labute approximate surface area is 179 Å². The number of amides is 3. The quantitative estimate of drug-likeness (QED) is 0.439. The number of hydrogen-bond donors (Lipinski definition) is 3. The lowest BCUT2D eigenvalue weighted by atomic mass is 10.1. The van der Waals surface area contributed by atoms with Crippen LogP contribution in [0.4, 0.5) is 0 Å². The molecule has 0 aliphatic rings. The first kappa shape index (κ1) is 21.5. The van der Waals surface area contributed by atoms with Crippen LogP contribution in [-0.4, -0.2) is 39.4 Å². The number of hydrogen-bond acceptors (Lipinski definition) is 7. The van der Waals surface area contributed by atoms with Gasteiger partial charge in [0.25, 0.3) is 11.5 Å². The van der Waals surface area contributed by atoms with Crippen LogP contribution in [0.3, 0.4) is 0 Å². The van der Waals surface area contributed by atoms with E-state index in [-0.39, 0.29) is 23.8 Å². The Morgan fingerprint density at radius 3 is 2.67 bits per heavy atom. The van der Waals surface area contributed by atoms with Gasteiger partial charge in [-0.1, -0.05) is 12.1 Å². The van der Waals surface area contributed by atoms with Crippen molar-refractivity contribution in [3.63, 3.8) is 0 Å². The predicted octanol–water partition coefficient (Wildman–Crippen LogP) is 0.521. The molecule has 30 heavy (non-hydrogen) atoms. The van der Waals surface area contributed by atoms with Crippen LogP contribution in [0, 0.1) is 0 Å². The first-order chi connectivity index (χ1) is 14.4. The van der Waals surface area contributed by atoms with E-state index in [1.807, 2.05) is 0 Å². The molecule has 11 heteroatoms. The normalized spacial score (nSPS) is 10.7. The molecule has 9 nitrogen and oxygen atoms in total. The van der Waals surface area contributed by atoms with Gasteiger partial charge in [0.05, 0.1) is 18.0 Å². The Kier molecular flexibility index (Phi) is 7.20. The molecule has 0 unspecified atom stereocenters. The molecular weight excluding hydrogens is 426 g/mol. The summed E-state index contributed by atoms with van der Waals surface area (Å²) in [5.74, 6) is -0.451. The van der Waals surface area contributed by atoms with Crippen LogP contribution >= 0.6 is 23.1 Å². The third kappa shape index (κ3) is 5.91. The molecule has 4 N–H and O–H groups in total. The van der Waals surface area contributed by atoms with Crippen LogP contribution in [0.1, 0.15) is 21.6 Å². The Balaban J connectivity index is 1.42. The third-order valence-electron chi connectivity index (χ3n) is 3.97. The van der Waals surface area contributed by atoms with Crippen LogP contribution in [0.2, 0.25) is 0 Å². The standard InChI is InChI=1S/C19H19N5O4S2/c20-15(25)9-22-18(28)13-3-1-12(2-4-13)8-21-16(26)11-29-10-14-7-17(27)24-5-6-30-19(24)23-14/h1-7H,8-11H2,(H2,20,25)(H,21,26)(H,22,28). The summed E-state index contributed by atoms with van der Waals surface area (Å²) in [6.45, 7) is 0.101. The van der Waals surface area contributed by atoms with E-state index in [1.54, 1.807) is 35.8 Å². The molecule has 3 amide bonds. The van der Waals surface area contributed by atoms with Crippen molar-refractivity contribution in [2.45, 2.75) is 12.3 Å². The Bertz CT molecular complexity index is 1120. The fourth-order valence-electron chi connectivity index (χ4n) is 2.51.